The van der Waals surface area contributed by atoms with Gasteiger partial charge < -0.3 is 0 Å². The molecule has 0 atom stereocenters. The number of imide groups is 1. The number of amides is 2. The summed E-state index contributed by atoms with van der Waals surface area (Å²) in [6.45, 7) is 0. The first kappa shape index (κ1) is 17.0. The molecule has 0 saturated heterocycles. The van der Waals surface area contributed by atoms with E-state index in [4.69, 9.17) is 0 Å². The highest BCUT2D eigenvalue weighted by molar-refractivity contribution is 6.33. The summed E-state index contributed by atoms with van der Waals surface area (Å²) in [5.41, 5.74) is 3.48. The lowest BCUT2D eigenvalue weighted by atomic mass is 10.0. The van der Waals surface area contributed by atoms with Crippen LogP contribution in [0.4, 0.5) is 5.69 Å². The van der Waals surface area contributed by atoms with Crippen LogP contribution < -0.4 is 4.90 Å². The largest absolute Gasteiger partial charge is 0.286 e. The summed E-state index contributed by atoms with van der Waals surface area (Å²) in [6, 6.07) is 28.0. The SMILES string of the molecule is O=C1c2nc(-c3ccccc3)c(-c3ccccc3)nc2C(=O)N1c1ccccc1. The Kier molecular flexibility index (Phi) is 3.99. The van der Waals surface area contributed by atoms with E-state index in [1.807, 2.05) is 66.7 Å². The zero-order valence-electron chi connectivity index (χ0n) is 15.3. The molecule has 5 rings (SSSR count). The smallest absolute Gasteiger partial charge is 0.266 e. The molecule has 5 heteroatoms. The lowest BCUT2D eigenvalue weighted by Gasteiger charge is -2.12. The minimum absolute atomic E-state index is 0.0809. The van der Waals surface area contributed by atoms with Crippen LogP contribution in [-0.4, -0.2) is 21.8 Å². The molecule has 0 N–H and O–H groups in total. The van der Waals surface area contributed by atoms with Crippen molar-refractivity contribution in [1.29, 1.82) is 0 Å². The van der Waals surface area contributed by atoms with Gasteiger partial charge in [-0.25, -0.2) is 14.9 Å². The molecular formula is C24H15N3O2. The molecule has 2 amide bonds. The van der Waals surface area contributed by atoms with Crippen LogP contribution in [0.1, 0.15) is 21.0 Å². The van der Waals surface area contributed by atoms with Crippen molar-refractivity contribution in [1.82, 2.24) is 9.97 Å². The normalized spacial score (nSPS) is 12.9. The molecule has 0 fully saturated rings. The zero-order valence-corrected chi connectivity index (χ0v) is 15.3. The summed E-state index contributed by atoms with van der Waals surface area (Å²) < 4.78 is 0. The zero-order chi connectivity index (χ0) is 19.8. The average Bonchev–Trinajstić information content (AvgIpc) is 3.04. The van der Waals surface area contributed by atoms with Gasteiger partial charge in [0.25, 0.3) is 11.8 Å². The second-order valence-electron chi connectivity index (χ2n) is 6.63. The van der Waals surface area contributed by atoms with Crippen LogP contribution in [0.2, 0.25) is 0 Å². The van der Waals surface area contributed by atoms with Gasteiger partial charge in [0.1, 0.15) is 0 Å². The molecular weight excluding hydrogens is 362 g/mol. The van der Waals surface area contributed by atoms with E-state index in [2.05, 4.69) is 9.97 Å². The molecule has 0 saturated carbocycles. The van der Waals surface area contributed by atoms with Crippen molar-refractivity contribution >= 4 is 17.5 Å². The van der Waals surface area contributed by atoms with E-state index in [9.17, 15) is 9.59 Å². The Morgan fingerprint density at radius 1 is 0.483 bits per heavy atom. The monoisotopic (exact) mass is 377 g/mol. The highest BCUT2D eigenvalue weighted by Crippen LogP contribution is 2.33. The number of fused-ring (bicyclic) bond motifs is 1. The van der Waals surface area contributed by atoms with E-state index in [1.54, 1.807) is 24.3 Å². The molecule has 0 aliphatic carbocycles. The average molecular weight is 377 g/mol. The maximum absolute atomic E-state index is 13.0. The number of carbonyl (C=O) groups excluding carboxylic acids is 2. The molecule has 0 radical (unpaired) electrons. The van der Waals surface area contributed by atoms with Gasteiger partial charge in [0, 0.05) is 11.1 Å². The number of hydrogen-bond donors (Lipinski definition) is 0. The van der Waals surface area contributed by atoms with Gasteiger partial charge in [0.05, 0.1) is 17.1 Å². The fourth-order valence-corrected chi connectivity index (χ4v) is 3.44. The summed E-state index contributed by atoms with van der Waals surface area (Å²) in [5.74, 6) is -0.916. The first-order chi connectivity index (χ1) is 14.2. The van der Waals surface area contributed by atoms with Crippen molar-refractivity contribution in [3.05, 3.63) is 102 Å². The number of benzene rings is 3. The van der Waals surface area contributed by atoms with Crippen LogP contribution in [0.15, 0.2) is 91.0 Å². The van der Waals surface area contributed by atoms with Crippen LogP contribution in [-0.2, 0) is 0 Å². The van der Waals surface area contributed by atoms with Gasteiger partial charge in [-0.3, -0.25) is 9.59 Å². The molecule has 2 heterocycles. The Morgan fingerprint density at radius 3 is 1.28 bits per heavy atom. The molecule has 138 valence electrons. The molecule has 4 aromatic rings. The molecule has 0 bridgehead atoms. The van der Waals surface area contributed by atoms with Gasteiger partial charge >= 0.3 is 0 Å². The van der Waals surface area contributed by atoms with Gasteiger partial charge in [-0.2, -0.15) is 0 Å². The Balaban J connectivity index is 1.73. The standard InChI is InChI=1S/C24H15N3O2/c28-23-21-22(24(29)27(23)18-14-8-3-9-15-18)26-20(17-12-6-2-7-13-17)19(25-21)16-10-4-1-5-11-16/h1-15H. The third-order valence-electron chi connectivity index (χ3n) is 4.82. The van der Waals surface area contributed by atoms with Crippen LogP contribution in [0.3, 0.4) is 0 Å². The molecule has 1 aliphatic rings. The summed E-state index contributed by atoms with van der Waals surface area (Å²) in [6.07, 6.45) is 0. The van der Waals surface area contributed by atoms with Crippen LogP contribution >= 0.6 is 0 Å². The van der Waals surface area contributed by atoms with Gasteiger partial charge in [0.15, 0.2) is 11.4 Å². The summed E-state index contributed by atoms with van der Waals surface area (Å²) in [5, 5.41) is 0. The molecule has 1 aromatic heterocycles. The first-order valence-electron chi connectivity index (χ1n) is 9.21. The Bertz CT molecular complexity index is 1140. The van der Waals surface area contributed by atoms with Crippen molar-refractivity contribution in [2.24, 2.45) is 0 Å². The van der Waals surface area contributed by atoms with Gasteiger partial charge in [-0.05, 0) is 12.1 Å². The van der Waals surface area contributed by atoms with Crippen molar-refractivity contribution < 1.29 is 9.59 Å². The van der Waals surface area contributed by atoms with E-state index < -0.39 is 11.8 Å². The topological polar surface area (TPSA) is 63.2 Å². The van der Waals surface area contributed by atoms with E-state index in [0.29, 0.717) is 17.1 Å². The molecule has 0 unspecified atom stereocenters. The minimum Gasteiger partial charge on any atom is -0.266 e. The molecule has 0 spiro atoms. The number of nitrogens with zero attached hydrogens (tertiary/aromatic N) is 3. The maximum Gasteiger partial charge on any atom is 0.286 e. The highest BCUT2D eigenvalue weighted by Gasteiger charge is 2.40. The highest BCUT2D eigenvalue weighted by atomic mass is 16.2. The van der Waals surface area contributed by atoms with Crippen LogP contribution in [0.5, 0.6) is 0 Å². The number of anilines is 1. The third-order valence-corrected chi connectivity index (χ3v) is 4.82. The number of rotatable bonds is 3. The van der Waals surface area contributed by atoms with Gasteiger partial charge in [-0.1, -0.05) is 78.9 Å². The number of para-hydroxylation sites is 1. The second kappa shape index (κ2) is 6.80. The van der Waals surface area contributed by atoms with E-state index in [0.717, 1.165) is 16.0 Å². The van der Waals surface area contributed by atoms with E-state index in [-0.39, 0.29) is 11.4 Å². The summed E-state index contributed by atoms with van der Waals surface area (Å²) in [7, 11) is 0. The van der Waals surface area contributed by atoms with Crippen molar-refractivity contribution in [2.45, 2.75) is 0 Å². The summed E-state index contributed by atoms with van der Waals surface area (Å²) in [4.78, 5) is 36.5. The second-order valence-corrected chi connectivity index (χ2v) is 6.63. The van der Waals surface area contributed by atoms with E-state index in [1.165, 1.54) is 0 Å². The first-order valence-corrected chi connectivity index (χ1v) is 9.21. The lowest BCUT2D eigenvalue weighted by Crippen LogP contribution is -2.29. The lowest BCUT2D eigenvalue weighted by molar-refractivity contribution is 0.0923. The fourth-order valence-electron chi connectivity index (χ4n) is 3.44. The van der Waals surface area contributed by atoms with Crippen molar-refractivity contribution in [2.75, 3.05) is 4.90 Å². The predicted octanol–water partition coefficient (Wildman–Crippen LogP) is 4.61. The van der Waals surface area contributed by atoms with Crippen LogP contribution in [0, 0.1) is 0 Å². The Hall–Kier alpha value is -4.12. The number of aromatic nitrogens is 2. The molecule has 5 nitrogen and oxygen atoms in total. The number of carbonyl (C=O) groups is 2. The van der Waals surface area contributed by atoms with Crippen molar-refractivity contribution in [3.63, 3.8) is 0 Å². The Morgan fingerprint density at radius 2 is 0.862 bits per heavy atom. The molecule has 29 heavy (non-hydrogen) atoms. The summed E-state index contributed by atoms with van der Waals surface area (Å²) >= 11 is 0. The van der Waals surface area contributed by atoms with Gasteiger partial charge in [0.2, 0.25) is 0 Å². The van der Waals surface area contributed by atoms with Crippen LogP contribution in [0.25, 0.3) is 22.5 Å². The minimum atomic E-state index is -0.458. The fraction of sp³-hybridized carbons (Fsp3) is 0. The van der Waals surface area contributed by atoms with Crippen molar-refractivity contribution in [3.8, 4) is 22.5 Å². The Labute approximate surface area is 167 Å². The molecule has 1 aliphatic heterocycles. The quantitative estimate of drug-likeness (QED) is 0.489. The van der Waals surface area contributed by atoms with Gasteiger partial charge in [-0.15, -0.1) is 0 Å². The van der Waals surface area contributed by atoms with E-state index >= 15 is 0 Å². The maximum atomic E-state index is 13.0. The number of hydrogen-bond acceptors (Lipinski definition) is 4. The molecule has 3 aromatic carbocycles. The third kappa shape index (κ3) is 2.80. The predicted molar refractivity (Wildman–Crippen MR) is 110 cm³/mol.